The number of aromatic nitrogens is 2. The van der Waals surface area contributed by atoms with Gasteiger partial charge in [0.1, 0.15) is 11.4 Å². The number of aromatic hydroxyl groups is 1. The van der Waals surface area contributed by atoms with Crippen molar-refractivity contribution >= 4 is 17.9 Å². The summed E-state index contributed by atoms with van der Waals surface area (Å²) >= 11 is 5.83. The molecule has 82 valence electrons. The fourth-order valence-corrected chi connectivity index (χ4v) is 1.61. The minimum atomic E-state index is 0.0833. The summed E-state index contributed by atoms with van der Waals surface area (Å²) in [4.78, 5) is 10.7. The first-order valence-corrected chi connectivity index (χ1v) is 4.97. The van der Waals surface area contributed by atoms with Crippen molar-refractivity contribution in [3.05, 3.63) is 35.0 Å². The first-order valence-electron chi connectivity index (χ1n) is 4.60. The molecule has 16 heavy (non-hydrogen) atoms. The van der Waals surface area contributed by atoms with Gasteiger partial charge in [0.2, 0.25) is 0 Å². The molecule has 0 aliphatic carbocycles. The van der Waals surface area contributed by atoms with E-state index in [1.54, 1.807) is 25.2 Å². The Hall–Kier alpha value is -1.81. The van der Waals surface area contributed by atoms with Crippen LogP contribution in [0.15, 0.2) is 24.3 Å². The molecule has 2 rings (SSSR count). The largest absolute Gasteiger partial charge is 0.507 e. The zero-order valence-corrected chi connectivity index (χ0v) is 9.27. The minimum Gasteiger partial charge on any atom is -0.507 e. The molecule has 0 spiro atoms. The Kier molecular flexibility index (Phi) is 2.66. The minimum absolute atomic E-state index is 0.0833. The maximum absolute atomic E-state index is 10.7. The molecule has 0 unspecified atom stereocenters. The van der Waals surface area contributed by atoms with Crippen LogP contribution in [0, 0.1) is 0 Å². The Labute approximate surface area is 97.1 Å². The number of carbonyl (C=O) groups excluding carboxylic acids is 1. The third kappa shape index (κ3) is 1.79. The number of phenolic OH excluding ortho intramolecular Hbond substituents is 1. The molecule has 0 saturated heterocycles. The van der Waals surface area contributed by atoms with Crippen molar-refractivity contribution in [2.45, 2.75) is 0 Å². The van der Waals surface area contributed by atoms with E-state index in [0.717, 1.165) is 0 Å². The molecule has 0 radical (unpaired) electrons. The number of hydrogen-bond donors (Lipinski definition) is 1. The number of aldehydes is 1. The SMILES string of the molecule is Cn1nc(-c2cc(Cl)ccc2O)cc1C=O. The molecule has 0 amide bonds. The lowest BCUT2D eigenvalue weighted by Crippen LogP contribution is -1.95. The molecular formula is C11H9ClN2O2. The fourth-order valence-electron chi connectivity index (χ4n) is 1.44. The van der Waals surface area contributed by atoms with Gasteiger partial charge < -0.3 is 5.11 Å². The van der Waals surface area contributed by atoms with Gasteiger partial charge in [-0.05, 0) is 24.3 Å². The zero-order chi connectivity index (χ0) is 11.7. The summed E-state index contributed by atoms with van der Waals surface area (Å²) in [5.41, 5.74) is 1.47. The Bertz CT molecular complexity index is 549. The molecule has 1 N–H and O–H groups in total. The van der Waals surface area contributed by atoms with Crippen LogP contribution in [0.5, 0.6) is 5.75 Å². The van der Waals surface area contributed by atoms with Crippen molar-refractivity contribution in [2.75, 3.05) is 0 Å². The summed E-state index contributed by atoms with van der Waals surface area (Å²) in [6.45, 7) is 0. The number of aryl methyl sites for hydroxylation is 1. The Morgan fingerprint density at radius 1 is 1.44 bits per heavy atom. The van der Waals surface area contributed by atoms with Crippen LogP contribution in [-0.2, 0) is 7.05 Å². The van der Waals surface area contributed by atoms with Crippen LogP contribution in [0.4, 0.5) is 0 Å². The van der Waals surface area contributed by atoms with E-state index in [9.17, 15) is 9.90 Å². The van der Waals surface area contributed by atoms with E-state index in [-0.39, 0.29) is 5.75 Å². The fraction of sp³-hybridized carbons (Fsp3) is 0.0909. The van der Waals surface area contributed by atoms with Crippen molar-refractivity contribution in [3.63, 3.8) is 0 Å². The first-order chi connectivity index (χ1) is 7.61. The zero-order valence-electron chi connectivity index (χ0n) is 8.51. The number of rotatable bonds is 2. The van der Waals surface area contributed by atoms with Crippen LogP contribution in [0.2, 0.25) is 5.02 Å². The molecule has 0 fully saturated rings. The van der Waals surface area contributed by atoms with Crippen LogP contribution < -0.4 is 0 Å². The molecule has 4 nitrogen and oxygen atoms in total. The summed E-state index contributed by atoms with van der Waals surface area (Å²) in [7, 11) is 1.66. The number of phenols is 1. The monoisotopic (exact) mass is 236 g/mol. The van der Waals surface area contributed by atoms with Crippen molar-refractivity contribution in [3.8, 4) is 17.0 Å². The van der Waals surface area contributed by atoms with Crippen molar-refractivity contribution < 1.29 is 9.90 Å². The van der Waals surface area contributed by atoms with E-state index >= 15 is 0 Å². The second kappa shape index (κ2) is 3.98. The van der Waals surface area contributed by atoms with Gasteiger partial charge in [-0.25, -0.2) is 0 Å². The van der Waals surface area contributed by atoms with Crippen molar-refractivity contribution in [2.24, 2.45) is 7.05 Å². The lowest BCUT2D eigenvalue weighted by molar-refractivity contribution is 0.111. The third-order valence-electron chi connectivity index (χ3n) is 2.27. The van der Waals surface area contributed by atoms with E-state index in [0.29, 0.717) is 28.3 Å². The van der Waals surface area contributed by atoms with Gasteiger partial charge in [0.15, 0.2) is 6.29 Å². The lowest BCUT2D eigenvalue weighted by Gasteiger charge is -2.00. The van der Waals surface area contributed by atoms with E-state index in [2.05, 4.69) is 5.10 Å². The van der Waals surface area contributed by atoms with Gasteiger partial charge in [-0.2, -0.15) is 5.10 Å². The first kappa shape index (κ1) is 10.7. The molecule has 0 bridgehead atoms. The third-order valence-corrected chi connectivity index (χ3v) is 2.51. The van der Waals surface area contributed by atoms with Crippen LogP contribution in [0.1, 0.15) is 10.5 Å². The number of nitrogens with zero attached hydrogens (tertiary/aromatic N) is 2. The molecule has 1 aromatic carbocycles. The van der Waals surface area contributed by atoms with Crippen LogP contribution in [0.25, 0.3) is 11.3 Å². The van der Waals surface area contributed by atoms with E-state index in [1.165, 1.54) is 10.7 Å². The average Bonchev–Trinajstić information content (AvgIpc) is 2.63. The van der Waals surface area contributed by atoms with Crippen LogP contribution >= 0.6 is 11.6 Å². The van der Waals surface area contributed by atoms with Gasteiger partial charge in [0, 0.05) is 17.6 Å². The summed E-state index contributed by atoms with van der Waals surface area (Å²) in [5.74, 6) is 0.0833. The highest BCUT2D eigenvalue weighted by molar-refractivity contribution is 6.30. The van der Waals surface area contributed by atoms with Gasteiger partial charge in [0.05, 0.1) is 5.69 Å². The van der Waals surface area contributed by atoms with Crippen molar-refractivity contribution in [1.82, 2.24) is 9.78 Å². The van der Waals surface area contributed by atoms with Gasteiger partial charge in [-0.3, -0.25) is 9.48 Å². The molecule has 1 heterocycles. The Balaban J connectivity index is 2.57. The van der Waals surface area contributed by atoms with Gasteiger partial charge in [0.25, 0.3) is 0 Å². The highest BCUT2D eigenvalue weighted by atomic mass is 35.5. The molecule has 1 aromatic heterocycles. The van der Waals surface area contributed by atoms with E-state index in [1.807, 2.05) is 0 Å². The lowest BCUT2D eigenvalue weighted by atomic mass is 10.1. The number of benzene rings is 1. The van der Waals surface area contributed by atoms with Crippen LogP contribution in [-0.4, -0.2) is 21.2 Å². The Morgan fingerprint density at radius 2 is 2.19 bits per heavy atom. The van der Waals surface area contributed by atoms with E-state index < -0.39 is 0 Å². The van der Waals surface area contributed by atoms with Gasteiger partial charge in [-0.1, -0.05) is 11.6 Å². The van der Waals surface area contributed by atoms with Gasteiger partial charge >= 0.3 is 0 Å². The highest BCUT2D eigenvalue weighted by Crippen LogP contribution is 2.30. The predicted molar refractivity (Wildman–Crippen MR) is 60.7 cm³/mol. The maximum Gasteiger partial charge on any atom is 0.168 e. The van der Waals surface area contributed by atoms with Crippen molar-refractivity contribution in [1.29, 1.82) is 0 Å². The average molecular weight is 237 g/mol. The summed E-state index contributed by atoms with van der Waals surface area (Å²) in [6.07, 6.45) is 0.706. The standard InChI is InChI=1S/C11H9ClN2O2/c1-14-8(6-15)5-10(13-14)9-4-7(12)2-3-11(9)16/h2-6,16H,1H3. The van der Waals surface area contributed by atoms with Gasteiger partial charge in [-0.15, -0.1) is 0 Å². The predicted octanol–water partition coefficient (Wildman–Crippen LogP) is 2.26. The van der Waals surface area contributed by atoms with E-state index in [4.69, 9.17) is 11.6 Å². The summed E-state index contributed by atoms with van der Waals surface area (Å²) in [5, 5.41) is 14.3. The topological polar surface area (TPSA) is 55.1 Å². The Morgan fingerprint density at radius 3 is 2.81 bits per heavy atom. The number of carbonyl (C=O) groups is 1. The normalized spacial score (nSPS) is 10.4. The maximum atomic E-state index is 10.7. The smallest absolute Gasteiger partial charge is 0.168 e. The van der Waals surface area contributed by atoms with Crippen LogP contribution in [0.3, 0.4) is 0 Å². The number of hydrogen-bond acceptors (Lipinski definition) is 3. The molecule has 2 aromatic rings. The molecule has 0 saturated carbocycles. The molecule has 0 aliphatic heterocycles. The second-order valence-corrected chi connectivity index (χ2v) is 3.79. The summed E-state index contributed by atoms with van der Waals surface area (Å²) in [6, 6.07) is 6.28. The summed E-state index contributed by atoms with van der Waals surface area (Å²) < 4.78 is 1.45. The number of halogens is 1. The molecular weight excluding hydrogens is 228 g/mol. The molecule has 5 heteroatoms. The highest BCUT2D eigenvalue weighted by Gasteiger charge is 2.10. The molecule has 0 aliphatic rings. The second-order valence-electron chi connectivity index (χ2n) is 3.36. The molecule has 0 atom stereocenters. The quantitative estimate of drug-likeness (QED) is 0.814.